The van der Waals surface area contributed by atoms with Crippen molar-refractivity contribution in [3.8, 4) is 0 Å². The zero-order valence-electron chi connectivity index (χ0n) is 11.3. The van der Waals surface area contributed by atoms with Gasteiger partial charge in [0.25, 0.3) is 10.0 Å². The van der Waals surface area contributed by atoms with Crippen LogP contribution in [0.15, 0.2) is 45.8 Å². The summed E-state index contributed by atoms with van der Waals surface area (Å²) in [5, 5.41) is 9.41. The lowest BCUT2D eigenvalue weighted by Gasteiger charge is -2.12. The Kier molecular flexibility index (Phi) is 4.79. The van der Waals surface area contributed by atoms with Crippen LogP contribution in [0.2, 0.25) is 5.02 Å². The number of carboxylic acid groups (broad SMARTS) is 1. The minimum atomic E-state index is -3.85. The summed E-state index contributed by atoms with van der Waals surface area (Å²) < 4.78 is 27.5. The number of aromatic carboxylic acids is 1. The molecule has 22 heavy (non-hydrogen) atoms. The number of hydrogen-bond donors (Lipinski definition) is 2. The molecule has 0 saturated carbocycles. The standard InChI is InChI=1S/C14H11BrClNO4S/c1-8-6-10(16)3-4-12(8)17-22(20,21)13-5-2-9(14(18)19)7-11(13)15/h2-7,17H,1H3,(H,18,19). The first-order chi connectivity index (χ1) is 10.2. The smallest absolute Gasteiger partial charge is 0.335 e. The first kappa shape index (κ1) is 16.8. The number of aryl methyl sites for hydroxylation is 1. The minimum Gasteiger partial charge on any atom is -0.478 e. The van der Waals surface area contributed by atoms with Crippen molar-refractivity contribution in [3.05, 3.63) is 57.0 Å². The van der Waals surface area contributed by atoms with Crippen molar-refractivity contribution in [2.45, 2.75) is 11.8 Å². The summed E-state index contributed by atoms with van der Waals surface area (Å²) in [5.41, 5.74) is 1.07. The van der Waals surface area contributed by atoms with Crippen LogP contribution in [-0.4, -0.2) is 19.5 Å². The molecule has 5 nitrogen and oxygen atoms in total. The van der Waals surface area contributed by atoms with Gasteiger partial charge < -0.3 is 5.11 Å². The molecule has 2 N–H and O–H groups in total. The number of benzene rings is 2. The van der Waals surface area contributed by atoms with Crippen LogP contribution in [0.1, 0.15) is 15.9 Å². The summed E-state index contributed by atoms with van der Waals surface area (Å²) in [4.78, 5) is 10.8. The van der Waals surface area contributed by atoms with Crippen molar-refractivity contribution in [3.63, 3.8) is 0 Å². The zero-order chi connectivity index (χ0) is 16.5. The third-order valence-electron chi connectivity index (χ3n) is 2.90. The van der Waals surface area contributed by atoms with E-state index in [2.05, 4.69) is 20.7 Å². The van der Waals surface area contributed by atoms with Gasteiger partial charge in [-0.15, -0.1) is 0 Å². The SMILES string of the molecule is Cc1cc(Cl)ccc1NS(=O)(=O)c1ccc(C(=O)O)cc1Br. The largest absolute Gasteiger partial charge is 0.478 e. The number of carbonyl (C=O) groups is 1. The molecule has 2 aromatic carbocycles. The molecule has 0 radical (unpaired) electrons. The fourth-order valence-corrected chi connectivity index (χ4v) is 4.23. The predicted molar refractivity (Wildman–Crippen MR) is 88.1 cm³/mol. The fourth-order valence-electron chi connectivity index (χ4n) is 1.79. The molecule has 0 aliphatic carbocycles. The van der Waals surface area contributed by atoms with Crippen molar-refractivity contribution in [1.29, 1.82) is 0 Å². The normalized spacial score (nSPS) is 11.2. The molecule has 0 aromatic heterocycles. The second-order valence-electron chi connectivity index (χ2n) is 4.52. The highest BCUT2D eigenvalue weighted by molar-refractivity contribution is 9.10. The van der Waals surface area contributed by atoms with Crippen LogP contribution in [0.3, 0.4) is 0 Å². The van der Waals surface area contributed by atoms with Gasteiger partial charge in [0.1, 0.15) is 4.90 Å². The fraction of sp³-hybridized carbons (Fsp3) is 0.0714. The highest BCUT2D eigenvalue weighted by Crippen LogP contribution is 2.27. The van der Waals surface area contributed by atoms with Gasteiger partial charge in [-0.25, -0.2) is 13.2 Å². The van der Waals surface area contributed by atoms with Crippen molar-refractivity contribution in [2.24, 2.45) is 0 Å². The van der Waals surface area contributed by atoms with E-state index >= 15 is 0 Å². The lowest BCUT2D eigenvalue weighted by molar-refractivity contribution is 0.0696. The average Bonchev–Trinajstić information content (AvgIpc) is 2.41. The Hall–Kier alpha value is -1.57. The van der Waals surface area contributed by atoms with E-state index in [0.29, 0.717) is 16.3 Å². The van der Waals surface area contributed by atoms with E-state index in [1.807, 2.05) is 0 Å². The second kappa shape index (κ2) is 6.28. The first-order valence-electron chi connectivity index (χ1n) is 6.02. The average molecular weight is 405 g/mol. The van der Waals surface area contributed by atoms with Crippen LogP contribution in [0.5, 0.6) is 0 Å². The molecule has 2 aromatic rings. The summed E-state index contributed by atoms with van der Waals surface area (Å²) in [7, 11) is -3.85. The van der Waals surface area contributed by atoms with Crippen LogP contribution in [0, 0.1) is 6.92 Å². The molecule has 116 valence electrons. The monoisotopic (exact) mass is 403 g/mol. The van der Waals surface area contributed by atoms with Gasteiger partial charge in [0.05, 0.1) is 11.3 Å². The van der Waals surface area contributed by atoms with Crippen molar-refractivity contribution >= 4 is 49.2 Å². The van der Waals surface area contributed by atoms with Gasteiger partial charge in [-0.05, 0) is 64.8 Å². The number of sulfonamides is 1. The molecule has 0 fully saturated rings. The molecule has 0 saturated heterocycles. The summed E-state index contributed by atoms with van der Waals surface area (Å²) in [5.74, 6) is -1.13. The molecule has 0 bridgehead atoms. The van der Waals surface area contributed by atoms with Crippen LogP contribution in [0.25, 0.3) is 0 Å². The molecule has 0 aliphatic rings. The molecule has 0 atom stereocenters. The molecular weight excluding hydrogens is 394 g/mol. The number of rotatable bonds is 4. The van der Waals surface area contributed by atoms with Gasteiger partial charge in [-0.2, -0.15) is 0 Å². The maximum absolute atomic E-state index is 12.4. The van der Waals surface area contributed by atoms with Crippen LogP contribution in [-0.2, 0) is 10.0 Å². The van der Waals surface area contributed by atoms with E-state index in [-0.39, 0.29) is 14.9 Å². The highest BCUT2D eigenvalue weighted by Gasteiger charge is 2.20. The first-order valence-corrected chi connectivity index (χ1v) is 8.68. The Morgan fingerprint density at radius 3 is 2.45 bits per heavy atom. The number of hydrogen-bond acceptors (Lipinski definition) is 3. The third kappa shape index (κ3) is 3.60. The van der Waals surface area contributed by atoms with Gasteiger partial charge >= 0.3 is 5.97 Å². The Balaban J connectivity index is 2.40. The Labute approximate surface area is 141 Å². The van der Waals surface area contributed by atoms with Crippen LogP contribution < -0.4 is 4.72 Å². The van der Waals surface area contributed by atoms with Crippen molar-refractivity contribution < 1.29 is 18.3 Å². The highest BCUT2D eigenvalue weighted by atomic mass is 79.9. The summed E-state index contributed by atoms with van der Waals surface area (Å²) in [6, 6.07) is 8.49. The molecule has 2 rings (SSSR count). The predicted octanol–water partition coefficient (Wildman–Crippen LogP) is 3.91. The molecule has 0 amide bonds. The van der Waals surface area contributed by atoms with E-state index < -0.39 is 16.0 Å². The zero-order valence-corrected chi connectivity index (χ0v) is 14.5. The van der Waals surface area contributed by atoms with Crippen molar-refractivity contribution in [1.82, 2.24) is 0 Å². The molecule has 8 heteroatoms. The lowest BCUT2D eigenvalue weighted by atomic mass is 10.2. The van der Waals surface area contributed by atoms with Gasteiger partial charge in [0.15, 0.2) is 0 Å². The molecule has 0 aliphatic heterocycles. The van der Waals surface area contributed by atoms with E-state index in [1.54, 1.807) is 25.1 Å². The van der Waals surface area contributed by atoms with Gasteiger partial charge in [0.2, 0.25) is 0 Å². The molecule has 0 heterocycles. The quantitative estimate of drug-likeness (QED) is 0.809. The Morgan fingerprint density at radius 1 is 1.23 bits per heavy atom. The molecule has 0 unspecified atom stereocenters. The number of nitrogens with one attached hydrogen (secondary N) is 1. The molecular formula is C14H11BrClNO4S. The van der Waals surface area contributed by atoms with Gasteiger partial charge in [0, 0.05) is 9.50 Å². The number of halogens is 2. The van der Waals surface area contributed by atoms with E-state index in [4.69, 9.17) is 16.7 Å². The maximum Gasteiger partial charge on any atom is 0.335 e. The minimum absolute atomic E-state index is 0.00602. The van der Waals surface area contributed by atoms with Crippen LogP contribution in [0.4, 0.5) is 5.69 Å². The summed E-state index contributed by atoms with van der Waals surface area (Å²) in [6.07, 6.45) is 0. The maximum atomic E-state index is 12.4. The second-order valence-corrected chi connectivity index (χ2v) is 7.46. The summed E-state index contributed by atoms with van der Waals surface area (Å²) in [6.45, 7) is 1.73. The Bertz CT molecular complexity index is 852. The Morgan fingerprint density at radius 2 is 1.91 bits per heavy atom. The topological polar surface area (TPSA) is 83.5 Å². The van der Waals surface area contributed by atoms with Gasteiger partial charge in [-0.3, -0.25) is 4.72 Å². The summed E-state index contributed by atoms with van der Waals surface area (Å²) >= 11 is 8.93. The number of anilines is 1. The van der Waals surface area contributed by atoms with Crippen LogP contribution >= 0.6 is 27.5 Å². The van der Waals surface area contributed by atoms with E-state index in [0.717, 1.165) is 0 Å². The van der Waals surface area contributed by atoms with Gasteiger partial charge in [-0.1, -0.05) is 11.6 Å². The number of carboxylic acids is 1. The lowest BCUT2D eigenvalue weighted by Crippen LogP contribution is -2.14. The van der Waals surface area contributed by atoms with E-state index in [1.165, 1.54) is 18.2 Å². The van der Waals surface area contributed by atoms with E-state index in [9.17, 15) is 13.2 Å². The van der Waals surface area contributed by atoms with Crippen molar-refractivity contribution in [2.75, 3.05) is 4.72 Å². The third-order valence-corrected chi connectivity index (χ3v) is 5.48. The molecule has 0 spiro atoms.